The molecule has 0 bridgehead atoms. The summed E-state index contributed by atoms with van der Waals surface area (Å²) in [6.07, 6.45) is 6.67. The lowest BCUT2D eigenvalue weighted by molar-refractivity contribution is 0.406. The van der Waals surface area contributed by atoms with Crippen molar-refractivity contribution in [1.82, 2.24) is 23.4 Å². The smallest absolute Gasteiger partial charge is 0.262 e. The molecule has 2 aromatic heterocycles. The van der Waals surface area contributed by atoms with Gasteiger partial charge in [0.2, 0.25) is 0 Å². The maximum absolute atomic E-state index is 13.5. The molecule has 2 aromatic carbocycles. The molecule has 0 radical (unpaired) electrons. The number of benzene rings is 2. The number of nitrogens with zero attached hydrogens (tertiary/aromatic N) is 6. The average molecular weight is 479 g/mol. The minimum absolute atomic E-state index is 0.0550. The lowest BCUT2D eigenvalue weighted by Gasteiger charge is -2.29. The van der Waals surface area contributed by atoms with Gasteiger partial charge in [0.15, 0.2) is 5.03 Å². The third-order valence-corrected chi connectivity index (χ3v) is 7.51. The Morgan fingerprint density at radius 1 is 0.912 bits per heavy atom. The van der Waals surface area contributed by atoms with Crippen LogP contribution in [0, 0.1) is 6.92 Å². The van der Waals surface area contributed by atoms with Gasteiger partial charge >= 0.3 is 0 Å². The third kappa shape index (κ3) is 5.55. The minimum atomic E-state index is -3.78. The van der Waals surface area contributed by atoms with Crippen molar-refractivity contribution in [2.75, 3.05) is 18.0 Å². The Morgan fingerprint density at radius 2 is 1.65 bits per heavy atom. The summed E-state index contributed by atoms with van der Waals surface area (Å²) >= 11 is 0. The molecular formula is C25H30N6O2S. The molecule has 0 saturated heterocycles. The van der Waals surface area contributed by atoms with Crippen LogP contribution in [0.5, 0.6) is 0 Å². The Hall–Kier alpha value is -3.43. The number of hydrogen-bond donors (Lipinski definition) is 0. The summed E-state index contributed by atoms with van der Waals surface area (Å²) in [6.45, 7) is 3.75. The Balaban J connectivity index is 1.62. The average Bonchev–Trinajstić information content (AvgIpc) is 3.45. The zero-order chi connectivity index (χ0) is 24.1. The highest BCUT2D eigenvalue weighted by atomic mass is 32.2. The molecule has 9 heteroatoms. The van der Waals surface area contributed by atoms with E-state index in [1.165, 1.54) is 16.2 Å². The Labute approximate surface area is 201 Å². The van der Waals surface area contributed by atoms with E-state index in [1.54, 1.807) is 24.1 Å². The van der Waals surface area contributed by atoms with E-state index in [-0.39, 0.29) is 11.6 Å². The molecule has 0 fully saturated rings. The predicted molar refractivity (Wildman–Crippen MR) is 133 cm³/mol. The van der Waals surface area contributed by atoms with E-state index in [0.717, 1.165) is 16.9 Å². The maximum Gasteiger partial charge on any atom is 0.262 e. The maximum atomic E-state index is 13.5. The van der Waals surface area contributed by atoms with Gasteiger partial charge in [-0.1, -0.05) is 48.0 Å². The molecule has 0 N–H and O–H groups in total. The second kappa shape index (κ2) is 10.2. The topological polar surface area (TPSA) is 76.3 Å². The molecule has 0 unspecified atom stereocenters. The molecule has 4 rings (SSSR count). The fourth-order valence-corrected chi connectivity index (χ4v) is 5.13. The van der Waals surface area contributed by atoms with E-state index in [1.807, 2.05) is 48.1 Å². The van der Waals surface area contributed by atoms with Crippen LogP contribution < -0.4 is 4.90 Å². The summed E-state index contributed by atoms with van der Waals surface area (Å²) in [4.78, 5) is 10.5. The first kappa shape index (κ1) is 23.7. The van der Waals surface area contributed by atoms with Crippen molar-refractivity contribution < 1.29 is 8.42 Å². The lowest BCUT2D eigenvalue weighted by atomic mass is 10.2. The summed E-state index contributed by atoms with van der Waals surface area (Å²) in [6, 6.07) is 17.9. The van der Waals surface area contributed by atoms with Crippen LogP contribution in [0.2, 0.25) is 0 Å². The Bertz CT molecular complexity index is 1310. The number of anilines is 1. The number of hydrogen-bond acceptors (Lipinski definition) is 5. The highest BCUT2D eigenvalue weighted by Gasteiger charge is 2.27. The quantitative estimate of drug-likeness (QED) is 0.349. The van der Waals surface area contributed by atoms with Gasteiger partial charge in [-0.25, -0.2) is 18.4 Å². The van der Waals surface area contributed by atoms with Crippen molar-refractivity contribution >= 4 is 15.7 Å². The molecule has 0 atom stereocenters. The molecule has 0 saturated carbocycles. The van der Waals surface area contributed by atoms with Crippen molar-refractivity contribution in [3.05, 3.63) is 96.5 Å². The molecule has 2 heterocycles. The number of rotatable bonds is 10. The van der Waals surface area contributed by atoms with Gasteiger partial charge in [-0.05, 0) is 24.6 Å². The lowest BCUT2D eigenvalue weighted by Crippen LogP contribution is -2.38. The van der Waals surface area contributed by atoms with Crippen LogP contribution in [0.4, 0.5) is 5.69 Å². The molecule has 0 aliphatic heterocycles. The van der Waals surface area contributed by atoms with Crippen molar-refractivity contribution in [2.24, 2.45) is 14.1 Å². The Morgan fingerprint density at radius 3 is 2.26 bits per heavy atom. The fourth-order valence-electron chi connectivity index (χ4n) is 3.75. The standard InChI is InChI=1S/C25H30N6O2S/c1-21-9-11-23(12-10-21)30(17-24-15-26-19-29(24)3)13-14-31(16-22-7-5-4-6-8-22)34(32,33)25-18-28(2)20-27-25/h4-12,15,18-20H,13-14,16-17H2,1-3H3. The summed E-state index contributed by atoms with van der Waals surface area (Å²) in [5.74, 6) is 0. The molecular weight excluding hydrogens is 448 g/mol. The van der Waals surface area contributed by atoms with E-state index in [4.69, 9.17) is 0 Å². The van der Waals surface area contributed by atoms with Gasteiger partial charge in [0.25, 0.3) is 10.0 Å². The zero-order valence-electron chi connectivity index (χ0n) is 19.7. The number of sulfonamides is 1. The van der Waals surface area contributed by atoms with Crippen LogP contribution >= 0.6 is 0 Å². The molecule has 0 aliphatic carbocycles. The van der Waals surface area contributed by atoms with E-state index >= 15 is 0 Å². The molecule has 4 aromatic rings. The Kier molecular flexibility index (Phi) is 7.14. The van der Waals surface area contributed by atoms with E-state index in [9.17, 15) is 8.42 Å². The third-order valence-electron chi connectivity index (χ3n) is 5.77. The van der Waals surface area contributed by atoms with Crippen LogP contribution in [-0.2, 0) is 37.2 Å². The van der Waals surface area contributed by atoms with Crippen molar-refractivity contribution in [1.29, 1.82) is 0 Å². The normalized spacial score (nSPS) is 11.8. The number of aromatic nitrogens is 4. The first-order valence-corrected chi connectivity index (χ1v) is 12.6. The van der Waals surface area contributed by atoms with E-state index in [0.29, 0.717) is 19.6 Å². The van der Waals surface area contributed by atoms with Gasteiger partial charge in [0.1, 0.15) is 0 Å². The fraction of sp³-hybridized carbons (Fsp3) is 0.280. The van der Waals surface area contributed by atoms with Gasteiger partial charge < -0.3 is 14.0 Å². The molecule has 0 amide bonds. The minimum Gasteiger partial charge on any atom is -0.364 e. The van der Waals surface area contributed by atoms with E-state index in [2.05, 4.69) is 46.1 Å². The SMILES string of the molecule is Cc1ccc(N(CCN(Cc2ccccc2)S(=O)(=O)c2cn(C)cn2)Cc2cncn2C)cc1. The zero-order valence-corrected chi connectivity index (χ0v) is 20.6. The predicted octanol–water partition coefficient (Wildman–Crippen LogP) is 3.36. The van der Waals surface area contributed by atoms with Crippen LogP contribution in [-0.4, -0.2) is 44.9 Å². The van der Waals surface area contributed by atoms with E-state index < -0.39 is 10.0 Å². The first-order chi connectivity index (χ1) is 16.3. The van der Waals surface area contributed by atoms with Gasteiger partial charge in [0, 0.05) is 51.8 Å². The summed E-state index contributed by atoms with van der Waals surface area (Å²) in [7, 11) is -0.0504. The van der Waals surface area contributed by atoms with Gasteiger partial charge in [-0.3, -0.25) is 0 Å². The largest absolute Gasteiger partial charge is 0.364 e. The second-order valence-corrected chi connectivity index (χ2v) is 10.3. The van der Waals surface area contributed by atoms with Crippen LogP contribution in [0.3, 0.4) is 0 Å². The van der Waals surface area contributed by atoms with Gasteiger partial charge in [-0.15, -0.1) is 0 Å². The molecule has 8 nitrogen and oxygen atoms in total. The summed E-state index contributed by atoms with van der Waals surface area (Å²) in [5, 5.41) is 0.0550. The number of imidazole rings is 2. The van der Waals surface area contributed by atoms with Crippen molar-refractivity contribution in [3.63, 3.8) is 0 Å². The first-order valence-electron chi connectivity index (χ1n) is 11.1. The van der Waals surface area contributed by atoms with Crippen molar-refractivity contribution in [3.8, 4) is 0 Å². The summed E-state index contributed by atoms with van der Waals surface area (Å²) < 4.78 is 32.2. The monoisotopic (exact) mass is 478 g/mol. The van der Waals surface area contributed by atoms with Crippen LogP contribution in [0.1, 0.15) is 16.8 Å². The number of aryl methyl sites for hydroxylation is 3. The van der Waals surface area contributed by atoms with Gasteiger partial charge in [0.05, 0.1) is 24.9 Å². The molecule has 0 aliphatic rings. The highest BCUT2D eigenvalue weighted by Crippen LogP contribution is 2.21. The van der Waals surface area contributed by atoms with Crippen LogP contribution in [0.15, 0.2) is 84.7 Å². The summed E-state index contributed by atoms with van der Waals surface area (Å²) in [5.41, 5.74) is 4.17. The van der Waals surface area contributed by atoms with Gasteiger partial charge in [-0.2, -0.15) is 4.31 Å². The van der Waals surface area contributed by atoms with Crippen molar-refractivity contribution in [2.45, 2.75) is 25.0 Å². The molecule has 34 heavy (non-hydrogen) atoms. The molecule has 0 spiro atoms. The highest BCUT2D eigenvalue weighted by molar-refractivity contribution is 7.89. The molecule has 178 valence electrons. The van der Waals surface area contributed by atoms with Crippen LogP contribution in [0.25, 0.3) is 0 Å². The second-order valence-electron chi connectivity index (χ2n) is 8.45.